The van der Waals surface area contributed by atoms with Crippen LogP contribution in [0.5, 0.6) is 11.5 Å². The second-order valence-electron chi connectivity index (χ2n) is 12.9. The molecule has 274 valence electrons. The van der Waals surface area contributed by atoms with Crippen molar-refractivity contribution in [3.8, 4) is 34.7 Å². The molecule has 12 nitrogen and oxygen atoms in total. The van der Waals surface area contributed by atoms with Crippen LogP contribution in [0, 0.1) is 11.8 Å². The highest BCUT2D eigenvalue weighted by atomic mass is 16.6. The Morgan fingerprint density at radius 3 is 2.09 bits per heavy atom. The van der Waals surface area contributed by atoms with Crippen LogP contribution in [0.3, 0.4) is 0 Å². The minimum absolute atomic E-state index is 0.0314. The molecule has 1 fully saturated rings. The first kappa shape index (κ1) is 35.4. The number of fused-ring (bicyclic) bond motifs is 1. The average Bonchev–Trinajstić information content (AvgIpc) is 3.81. The number of nitrogens with two attached hydrogens (primary N) is 1. The second-order valence-corrected chi connectivity index (χ2v) is 12.9. The van der Waals surface area contributed by atoms with E-state index in [0.717, 1.165) is 28.1 Å². The van der Waals surface area contributed by atoms with E-state index < -0.39 is 24.0 Å². The maximum absolute atomic E-state index is 11.6. The molecule has 0 unspecified atom stereocenters. The van der Waals surface area contributed by atoms with Crippen molar-refractivity contribution < 1.29 is 24.1 Å². The summed E-state index contributed by atoms with van der Waals surface area (Å²) < 4.78 is 26.4. The maximum atomic E-state index is 11.6. The number of rotatable bonds is 10. The molecule has 0 aliphatic carbocycles. The third kappa shape index (κ3) is 6.95. The first-order valence-corrected chi connectivity index (χ1v) is 17.7. The molecule has 7 aromatic rings. The molecular formula is C43H37N7O5. The number of aliphatic hydroxyl groups excluding tert-OH is 1. The fourth-order valence-electron chi connectivity index (χ4n) is 6.85. The summed E-state index contributed by atoms with van der Waals surface area (Å²) in [6.45, 7) is 0.0314. The average molecular weight is 732 g/mol. The van der Waals surface area contributed by atoms with Gasteiger partial charge in [-0.3, -0.25) is 14.5 Å². The third-order valence-electron chi connectivity index (χ3n) is 9.64. The van der Waals surface area contributed by atoms with Crippen LogP contribution in [0.25, 0.3) is 22.6 Å². The van der Waals surface area contributed by atoms with Crippen molar-refractivity contribution in [2.45, 2.75) is 30.5 Å². The zero-order chi connectivity index (χ0) is 37.8. The minimum Gasteiger partial charge on any atom is -0.497 e. The summed E-state index contributed by atoms with van der Waals surface area (Å²) in [5.74, 6) is 8.30. The normalized spacial score (nSPS) is 16.7. The van der Waals surface area contributed by atoms with Gasteiger partial charge < -0.3 is 29.8 Å². The molecule has 0 spiro atoms. The molecule has 0 saturated carbocycles. The quantitative estimate of drug-likeness (QED) is 0.127. The number of pyridine rings is 2. The van der Waals surface area contributed by atoms with Crippen LogP contribution < -0.4 is 15.2 Å². The fraction of sp³-hybridized carbons (Fsp3) is 0.186. The Morgan fingerprint density at radius 1 is 0.782 bits per heavy atom. The Bertz CT molecular complexity index is 2400. The summed E-state index contributed by atoms with van der Waals surface area (Å²) in [4.78, 5) is 22.3. The van der Waals surface area contributed by atoms with E-state index in [2.05, 4.69) is 31.8 Å². The first-order chi connectivity index (χ1) is 27.0. The molecule has 0 amide bonds. The number of hydrogen-bond acceptors (Lipinski definition) is 11. The van der Waals surface area contributed by atoms with Crippen LogP contribution in [-0.2, 0) is 15.1 Å². The summed E-state index contributed by atoms with van der Waals surface area (Å²) in [5, 5.41) is 11.6. The van der Waals surface area contributed by atoms with Gasteiger partial charge in [-0.1, -0.05) is 66.6 Å². The van der Waals surface area contributed by atoms with E-state index in [9.17, 15) is 5.11 Å². The van der Waals surface area contributed by atoms with E-state index in [4.69, 9.17) is 29.7 Å². The van der Waals surface area contributed by atoms with Crippen LogP contribution >= 0.6 is 0 Å². The van der Waals surface area contributed by atoms with Crippen molar-refractivity contribution in [2.75, 3.05) is 26.6 Å². The largest absolute Gasteiger partial charge is 0.497 e. The second kappa shape index (κ2) is 15.4. The molecule has 12 heteroatoms. The van der Waals surface area contributed by atoms with Gasteiger partial charge in [0.1, 0.15) is 35.8 Å². The summed E-state index contributed by atoms with van der Waals surface area (Å²) in [6.07, 6.45) is 2.69. The van der Waals surface area contributed by atoms with Gasteiger partial charge in [-0.25, -0.2) is 15.0 Å². The van der Waals surface area contributed by atoms with Gasteiger partial charge in [0.2, 0.25) is 0 Å². The van der Waals surface area contributed by atoms with Gasteiger partial charge in [-0.15, -0.1) is 0 Å². The van der Waals surface area contributed by atoms with Crippen LogP contribution in [0.1, 0.15) is 40.7 Å². The molecule has 0 bridgehead atoms. The molecule has 4 aromatic heterocycles. The van der Waals surface area contributed by atoms with Gasteiger partial charge in [0.15, 0.2) is 22.8 Å². The number of aliphatic hydroxyl groups is 1. The van der Waals surface area contributed by atoms with Gasteiger partial charge in [0.25, 0.3) is 0 Å². The van der Waals surface area contributed by atoms with Crippen LogP contribution in [0.4, 0.5) is 5.82 Å². The van der Waals surface area contributed by atoms with Crippen molar-refractivity contribution in [3.63, 3.8) is 0 Å². The zero-order valence-corrected chi connectivity index (χ0v) is 30.1. The van der Waals surface area contributed by atoms with Crippen LogP contribution in [0.15, 0.2) is 128 Å². The molecule has 5 heterocycles. The van der Waals surface area contributed by atoms with Gasteiger partial charge in [0.05, 0.1) is 38.3 Å². The highest BCUT2D eigenvalue weighted by Gasteiger charge is 2.42. The van der Waals surface area contributed by atoms with Crippen molar-refractivity contribution in [3.05, 3.63) is 156 Å². The Labute approximate surface area is 317 Å². The third-order valence-corrected chi connectivity index (χ3v) is 9.64. The molecule has 1 saturated heterocycles. The Hall–Kier alpha value is -6.65. The Kier molecular flexibility index (Phi) is 9.89. The maximum Gasteiger partial charge on any atom is 0.190 e. The SMILES string of the molecule is COc1ccc(C(OC[C@H]2O[C@@H](n3c(C#Cc4ccc(-c5ccccn5)nc4)nc4c(N)ncnc43)C[C@@H]2O)(c2ccccc2)c2ccc(OC)cc2)cc1. The van der Waals surface area contributed by atoms with E-state index in [1.165, 1.54) is 6.33 Å². The van der Waals surface area contributed by atoms with Crippen molar-refractivity contribution >= 4 is 17.0 Å². The smallest absolute Gasteiger partial charge is 0.190 e. The number of aromatic nitrogens is 6. The lowest BCUT2D eigenvalue weighted by Crippen LogP contribution is -2.38. The fourth-order valence-corrected chi connectivity index (χ4v) is 6.85. The Balaban J connectivity index is 1.12. The number of ether oxygens (including phenoxy) is 4. The van der Waals surface area contributed by atoms with E-state index >= 15 is 0 Å². The van der Waals surface area contributed by atoms with Crippen LogP contribution in [-0.4, -0.2) is 67.6 Å². The summed E-state index contributed by atoms with van der Waals surface area (Å²) >= 11 is 0. The number of methoxy groups -OCH3 is 2. The molecule has 55 heavy (non-hydrogen) atoms. The predicted octanol–water partition coefficient (Wildman–Crippen LogP) is 5.94. The number of imidazole rings is 1. The zero-order valence-electron chi connectivity index (χ0n) is 30.1. The summed E-state index contributed by atoms with van der Waals surface area (Å²) in [7, 11) is 3.27. The van der Waals surface area contributed by atoms with Gasteiger partial charge in [-0.05, 0) is 71.1 Å². The molecule has 1 aliphatic heterocycles. The molecule has 1 aliphatic rings. The standard InChI is InChI=1S/C43H37N7O5/c1-52-32-17-13-30(14-18-32)43(29-8-4-3-5-9-29,31-15-19-33(53-2)20-16-31)54-26-37-36(51)24-39(55-37)50-38(49-40-41(44)47-27-48-42(40)50)22-12-28-11-21-35(46-25-28)34-10-6-7-23-45-34/h3-11,13-21,23,25,27,36-37,39,51H,24,26H2,1-2H3,(H2,44,47,48)/t36-,37+,39+/m0/s1. The van der Waals surface area contributed by atoms with Gasteiger partial charge in [0, 0.05) is 24.4 Å². The topological polar surface area (TPSA) is 153 Å². The van der Waals surface area contributed by atoms with Gasteiger partial charge >= 0.3 is 0 Å². The lowest BCUT2D eigenvalue weighted by atomic mass is 9.80. The predicted molar refractivity (Wildman–Crippen MR) is 206 cm³/mol. The monoisotopic (exact) mass is 731 g/mol. The molecule has 0 radical (unpaired) electrons. The number of nitrogens with zero attached hydrogens (tertiary/aromatic N) is 6. The highest BCUT2D eigenvalue weighted by molar-refractivity contribution is 5.82. The summed E-state index contributed by atoms with van der Waals surface area (Å²) in [5.41, 5.74) is 10.8. The first-order valence-electron chi connectivity index (χ1n) is 17.7. The van der Waals surface area contributed by atoms with Crippen molar-refractivity contribution in [1.29, 1.82) is 0 Å². The number of benzene rings is 3. The lowest BCUT2D eigenvalue weighted by molar-refractivity contribution is -0.0932. The van der Waals surface area contributed by atoms with Crippen molar-refractivity contribution in [1.82, 2.24) is 29.5 Å². The number of hydrogen-bond donors (Lipinski definition) is 2. The van der Waals surface area contributed by atoms with Crippen LogP contribution in [0.2, 0.25) is 0 Å². The molecule has 3 N–H and O–H groups in total. The van der Waals surface area contributed by atoms with Crippen molar-refractivity contribution in [2.24, 2.45) is 0 Å². The molecule has 3 aromatic carbocycles. The highest BCUT2D eigenvalue weighted by Crippen LogP contribution is 2.43. The van der Waals surface area contributed by atoms with E-state index in [1.54, 1.807) is 31.2 Å². The number of nitrogen functional groups attached to an aromatic ring is 1. The molecule has 8 rings (SSSR count). The lowest BCUT2D eigenvalue weighted by Gasteiger charge is -2.37. The van der Waals surface area contributed by atoms with E-state index in [-0.39, 0.29) is 18.8 Å². The van der Waals surface area contributed by atoms with Gasteiger partial charge in [-0.2, -0.15) is 0 Å². The van der Waals surface area contributed by atoms with E-state index in [0.29, 0.717) is 34.1 Å². The summed E-state index contributed by atoms with van der Waals surface area (Å²) in [6, 6.07) is 34.9. The molecular weight excluding hydrogens is 695 g/mol. The molecule has 3 atom stereocenters. The minimum atomic E-state index is -1.10. The Morgan fingerprint density at radius 2 is 1.45 bits per heavy atom. The number of anilines is 1. The van der Waals surface area contributed by atoms with E-state index in [1.807, 2.05) is 109 Å².